The van der Waals surface area contributed by atoms with Gasteiger partial charge >= 0.3 is 6.03 Å². The molecule has 3 rings (SSSR count). The molecule has 2 aromatic rings. The molecule has 0 atom stereocenters. The molecule has 1 fully saturated rings. The minimum Gasteiger partial charge on any atom is -0.331 e. The summed E-state index contributed by atoms with van der Waals surface area (Å²) in [7, 11) is 0. The summed E-state index contributed by atoms with van der Waals surface area (Å²) in [6, 6.07) is 4.22. The van der Waals surface area contributed by atoms with Crippen molar-refractivity contribution < 1.29 is 4.79 Å². The van der Waals surface area contributed by atoms with Gasteiger partial charge in [-0.05, 0) is 18.4 Å². The second kappa shape index (κ2) is 7.56. The molecule has 7 nitrogen and oxygen atoms in total. The molecule has 0 unspecified atom stereocenters. The van der Waals surface area contributed by atoms with Gasteiger partial charge < -0.3 is 14.8 Å². The van der Waals surface area contributed by atoms with Gasteiger partial charge in [0.25, 0.3) is 0 Å². The first-order valence-corrected chi connectivity index (χ1v) is 8.78. The zero-order valence-corrected chi connectivity index (χ0v) is 14.1. The van der Waals surface area contributed by atoms with Gasteiger partial charge in [-0.2, -0.15) is 0 Å². The van der Waals surface area contributed by atoms with Crippen molar-refractivity contribution in [3.63, 3.8) is 0 Å². The first-order valence-electron chi connectivity index (χ1n) is 7.90. The Morgan fingerprint density at radius 1 is 1.35 bits per heavy atom. The fraction of sp³-hybridized carbons (Fsp3) is 0.533. The lowest BCUT2D eigenvalue weighted by atomic mass is 10.3. The first kappa shape index (κ1) is 15.9. The van der Waals surface area contributed by atoms with Crippen LogP contribution in [0.25, 0.3) is 0 Å². The molecular formula is C15H22N6OS. The molecule has 0 bridgehead atoms. The third-order valence-corrected chi connectivity index (χ3v) is 4.91. The molecule has 2 amide bonds. The highest BCUT2D eigenvalue weighted by molar-refractivity contribution is 7.09. The molecule has 0 radical (unpaired) electrons. The van der Waals surface area contributed by atoms with Gasteiger partial charge in [0.15, 0.2) is 5.82 Å². The highest BCUT2D eigenvalue weighted by Gasteiger charge is 2.21. The summed E-state index contributed by atoms with van der Waals surface area (Å²) in [4.78, 5) is 17.9. The second-order valence-electron chi connectivity index (χ2n) is 5.53. The topological polar surface area (TPSA) is 66.3 Å². The van der Waals surface area contributed by atoms with Crippen LogP contribution in [0.15, 0.2) is 23.8 Å². The SMILES string of the molecule is CCn1cnnc1CNC(=O)N1CCN(Cc2cccs2)CC1. The third-order valence-electron chi connectivity index (χ3n) is 4.05. The van der Waals surface area contributed by atoms with Crippen LogP contribution >= 0.6 is 11.3 Å². The van der Waals surface area contributed by atoms with E-state index in [1.54, 1.807) is 17.7 Å². The number of urea groups is 1. The minimum atomic E-state index is -0.0218. The molecule has 1 saturated heterocycles. The van der Waals surface area contributed by atoms with Gasteiger partial charge in [0, 0.05) is 44.1 Å². The van der Waals surface area contributed by atoms with Crippen molar-refractivity contribution in [1.29, 1.82) is 0 Å². The first-order chi connectivity index (χ1) is 11.3. The molecule has 23 heavy (non-hydrogen) atoms. The van der Waals surface area contributed by atoms with Crippen LogP contribution in [0.5, 0.6) is 0 Å². The number of aryl methyl sites for hydroxylation is 1. The van der Waals surface area contributed by atoms with E-state index in [4.69, 9.17) is 0 Å². The van der Waals surface area contributed by atoms with E-state index in [9.17, 15) is 4.79 Å². The van der Waals surface area contributed by atoms with E-state index in [1.165, 1.54) is 4.88 Å². The fourth-order valence-electron chi connectivity index (χ4n) is 2.68. The Kier molecular flexibility index (Phi) is 5.24. The van der Waals surface area contributed by atoms with Gasteiger partial charge in [0.1, 0.15) is 6.33 Å². The molecule has 1 aliphatic heterocycles. The quantitative estimate of drug-likeness (QED) is 0.897. The van der Waals surface area contributed by atoms with Crippen molar-refractivity contribution in [3.8, 4) is 0 Å². The van der Waals surface area contributed by atoms with Gasteiger partial charge in [-0.1, -0.05) is 6.07 Å². The van der Waals surface area contributed by atoms with Gasteiger partial charge in [0.2, 0.25) is 0 Å². The zero-order chi connectivity index (χ0) is 16.1. The summed E-state index contributed by atoms with van der Waals surface area (Å²) >= 11 is 1.78. The maximum atomic E-state index is 12.3. The Hall–Kier alpha value is -1.93. The van der Waals surface area contributed by atoms with E-state index in [-0.39, 0.29) is 6.03 Å². The minimum absolute atomic E-state index is 0.0218. The van der Waals surface area contributed by atoms with Crippen LogP contribution in [0.3, 0.4) is 0 Å². The van der Waals surface area contributed by atoms with Crippen LogP contribution < -0.4 is 5.32 Å². The van der Waals surface area contributed by atoms with Crippen molar-refractivity contribution >= 4 is 17.4 Å². The average molecular weight is 334 g/mol. The normalized spacial score (nSPS) is 15.8. The summed E-state index contributed by atoms with van der Waals surface area (Å²) in [5.74, 6) is 0.789. The number of carbonyl (C=O) groups is 1. The molecule has 3 heterocycles. The summed E-state index contributed by atoms with van der Waals surface area (Å²) in [5.41, 5.74) is 0. The fourth-order valence-corrected chi connectivity index (χ4v) is 3.42. The molecule has 1 N–H and O–H groups in total. The van der Waals surface area contributed by atoms with Gasteiger partial charge in [0.05, 0.1) is 6.54 Å². The number of aromatic nitrogens is 3. The van der Waals surface area contributed by atoms with Gasteiger partial charge in [-0.3, -0.25) is 4.90 Å². The predicted molar refractivity (Wildman–Crippen MR) is 89.1 cm³/mol. The molecule has 0 spiro atoms. The Morgan fingerprint density at radius 2 is 2.17 bits per heavy atom. The number of amides is 2. The molecular weight excluding hydrogens is 312 g/mol. The van der Waals surface area contributed by atoms with E-state index >= 15 is 0 Å². The zero-order valence-electron chi connectivity index (χ0n) is 13.3. The molecule has 8 heteroatoms. The van der Waals surface area contributed by atoms with E-state index in [0.717, 1.165) is 45.1 Å². The molecule has 1 aliphatic rings. The number of hydrogen-bond donors (Lipinski definition) is 1. The van der Waals surface area contributed by atoms with Crippen molar-refractivity contribution in [3.05, 3.63) is 34.5 Å². The van der Waals surface area contributed by atoms with Crippen LogP contribution in [0.4, 0.5) is 4.79 Å². The Labute approximate surface area is 139 Å². The van der Waals surface area contributed by atoms with Crippen LogP contribution in [0.2, 0.25) is 0 Å². The largest absolute Gasteiger partial charge is 0.331 e. The number of nitrogens with one attached hydrogen (secondary N) is 1. The van der Waals surface area contributed by atoms with E-state index in [2.05, 4.69) is 37.9 Å². The molecule has 2 aromatic heterocycles. The number of thiophene rings is 1. The van der Waals surface area contributed by atoms with E-state index in [1.807, 2.05) is 16.4 Å². The smallest absolute Gasteiger partial charge is 0.317 e. The number of carbonyl (C=O) groups excluding carboxylic acids is 1. The number of hydrogen-bond acceptors (Lipinski definition) is 5. The van der Waals surface area contributed by atoms with Crippen LogP contribution in [0.1, 0.15) is 17.6 Å². The van der Waals surface area contributed by atoms with Crippen LogP contribution in [-0.2, 0) is 19.6 Å². The lowest BCUT2D eigenvalue weighted by molar-refractivity contribution is 0.135. The van der Waals surface area contributed by atoms with E-state index in [0.29, 0.717) is 6.54 Å². The maximum Gasteiger partial charge on any atom is 0.317 e. The Morgan fingerprint density at radius 3 is 2.87 bits per heavy atom. The third kappa shape index (κ3) is 4.08. The highest BCUT2D eigenvalue weighted by Crippen LogP contribution is 2.13. The van der Waals surface area contributed by atoms with Gasteiger partial charge in [-0.15, -0.1) is 21.5 Å². The van der Waals surface area contributed by atoms with Crippen molar-refractivity contribution in [2.75, 3.05) is 26.2 Å². The summed E-state index contributed by atoms with van der Waals surface area (Å²) in [6.45, 7) is 7.58. The Bertz CT molecular complexity index is 618. The predicted octanol–water partition coefficient (Wildman–Crippen LogP) is 1.39. The van der Waals surface area contributed by atoms with Crippen LogP contribution in [0, 0.1) is 0 Å². The standard InChI is InChI=1S/C15H22N6OS/c1-2-20-12-17-18-14(20)10-16-15(22)21-7-5-19(6-8-21)11-13-4-3-9-23-13/h3-4,9,12H,2,5-8,10-11H2,1H3,(H,16,22). The highest BCUT2D eigenvalue weighted by atomic mass is 32.1. The van der Waals surface area contributed by atoms with Crippen molar-refractivity contribution in [2.24, 2.45) is 0 Å². The van der Waals surface area contributed by atoms with Crippen molar-refractivity contribution in [2.45, 2.75) is 26.6 Å². The summed E-state index contributed by atoms with van der Waals surface area (Å²) in [6.07, 6.45) is 1.69. The lowest BCUT2D eigenvalue weighted by Crippen LogP contribution is -2.51. The molecule has 124 valence electrons. The second-order valence-corrected chi connectivity index (χ2v) is 6.57. The molecule has 0 aliphatic carbocycles. The number of nitrogens with zero attached hydrogens (tertiary/aromatic N) is 5. The van der Waals surface area contributed by atoms with Crippen molar-refractivity contribution in [1.82, 2.24) is 29.9 Å². The number of piperazine rings is 1. The van der Waals surface area contributed by atoms with E-state index < -0.39 is 0 Å². The lowest BCUT2D eigenvalue weighted by Gasteiger charge is -2.34. The van der Waals surface area contributed by atoms with Crippen LogP contribution in [-0.4, -0.2) is 56.8 Å². The summed E-state index contributed by atoms with van der Waals surface area (Å²) < 4.78 is 1.93. The average Bonchev–Trinajstić information content (AvgIpc) is 3.24. The summed E-state index contributed by atoms with van der Waals surface area (Å²) in [5, 5.41) is 12.9. The Balaban J connectivity index is 1.43. The maximum absolute atomic E-state index is 12.3. The number of rotatable bonds is 5. The molecule has 0 aromatic carbocycles. The van der Waals surface area contributed by atoms with Gasteiger partial charge in [-0.25, -0.2) is 4.79 Å². The monoisotopic (exact) mass is 334 g/mol. The molecule has 0 saturated carbocycles.